The number of rotatable bonds is 3. The molecule has 0 bridgehead atoms. The maximum atomic E-state index is 11.9. The van der Waals surface area contributed by atoms with E-state index in [2.05, 4.69) is 4.90 Å². The van der Waals surface area contributed by atoms with E-state index in [1.54, 1.807) is 0 Å². The van der Waals surface area contributed by atoms with Crippen LogP contribution in [0.1, 0.15) is 19.8 Å². The highest BCUT2D eigenvalue weighted by Gasteiger charge is 2.38. The van der Waals surface area contributed by atoms with E-state index in [1.807, 2.05) is 12.2 Å². The van der Waals surface area contributed by atoms with Gasteiger partial charge in [-0.15, -0.1) is 0 Å². The molecule has 0 spiro atoms. The maximum absolute atomic E-state index is 11.9. The molecule has 1 fully saturated rings. The largest absolute Gasteiger partial charge is 0.471 e. The van der Waals surface area contributed by atoms with Gasteiger partial charge in [-0.25, -0.2) is 0 Å². The summed E-state index contributed by atoms with van der Waals surface area (Å²) in [5.41, 5.74) is 0. The Balaban J connectivity index is 2.27. The molecule has 3 nitrogen and oxygen atoms in total. The van der Waals surface area contributed by atoms with Gasteiger partial charge in [0.15, 0.2) is 0 Å². The van der Waals surface area contributed by atoms with Crippen LogP contribution >= 0.6 is 0 Å². The lowest BCUT2D eigenvalue weighted by Crippen LogP contribution is -2.44. The van der Waals surface area contributed by atoms with E-state index in [-0.39, 0.29) is 12.6 Å². The zero-order valence-electron chi connectivity index (χ0n) is 8.60. The van der Waals surface area contributed by atoms with Crippen molar-refractivity contribution in [2.45, 2.75) is 32.0 Å². The van der Waals surface area contributed by atoms with Crippen LogP contribution in [-0.4, -0.2) is 42.7 Å². The molecule has 88 valence electrons. The van der Waals surface area contributed by atoms with Crippen molar-refractivity contribution in [3.05, 3.63) is 0 Å². The standard InChI is InChI=1S/C9H15F3N2O/c1-7(14-4-2-3-5-14)6-13-8(15)9(10,11)12/h7H,2-6H2,1H3,(H,13,15). The molecule has 1 aliphatic rings. The highest BCUT2D eigenvalue weighted by molar-refractivity contribution is 5.81. The Kier molecular flexibility index (Phi) is 3.96. The van der Waals surface area contributed by atoms with Crippen molar-refractivity contribution in [3.8, 4) is 0 Å². The van der Waals surface area contributed by atoms with Crippen LogP contribution in [0.15, 0.2) is 0 Å². The fourth-order valence-corrected chi connectivity index (χ4v) is 1.65. The van der Waals surface area contributed by atoms with Crippen LogP contribution in [0.5, 0.6) is 0 Å². The molecule has 0 aromatic carbocycles. The molecular weight excluding hydrogens is 209 g/mol. The monoisotopic (exact) mass is 224 g/mol. The van der Waals surface area contributed by atoms with Gasteiger partial charge in [-0.3, -0.25) is 9.69 Å². The first kappa shape index (κ1) is 12.3. The van der Waals surface area contributed by atoms with E-state index in [9.17, 15) is 18.0 Å². The average molecular weight is 224 g/mol. The van der Waals surface area contributed by atoms with Crippen molar-refractivity contribution in [1.29, 1.82) is 0 Å². The van der Waals surface area contributed by atoms with Gasteiger partial charge in [0.1, 0.15) is 0 Å². The lowest BCUT2D eigenvalue weighted by Gasteiger charge is -2.23. The highest BCUT2D eigenvalue weighted by atomic mass is 19.4. The minimum atomic E-state index is -4.77. The topological polar surface area (TPSA) is 32.3 Å². The Bertz CT molecular complexity index is 224. The summed E-state index contributed by atoms with van der Waals surface area (Å²) in [4.78, 5) is 12.6. The Morgan fingerprint density at radius 3 is 2.40 bits per heavy atom. The Labute approximate surface area is 86.6 Å². The summed E-state index contributed by atoms with van der Waals surface area (Å²) < 4.78 is 35.6. The van der Waals surface area contributed by atoms with Gasteiger partial charge < -0.3 is 5.32 Å². The second-order valence-electron chi connectivity index (χ2n) is 3.80. The number of hydrogen-bond acceptors (Lipinski definition) is 2. The second-order valence-corrected chi connectivity index (χ2v) is 3.80. The molecule has 0 aromatic rings. The molecule has 0 aromatic heterocycles. The first-order valence-corrected chi connectivity index (χ1v) is 5.00. The summed E-state index contributed by atoms with van der Waals surface area (Å²) in [7, 11) is 0. The van der Waals surface area contributed by atoms with E-state index in [4.69, 9.17) is 0 Å². The quantitative estimate of drug-likeness (QED) is 0.780. The van der Waals surface area contributed by atoms with Gasteiger partial charge in [-0.05, 0) is 32.9 Å². The van der Waals surface area contributed by atoms with Gasteiger partial charge in [0.2, 0.25) is 0 Å². The Morgan fingerprint density at radius 2 is 1.93 bits per heavy atom. The summed E-state index contributed by atoms with van der Waals surface area (Å²) >= 11 is 0. The summed E-state index contributed by atoms with van der Waals surface area (Å²) in [5, 5.41) is 1.89. The van der Waals surface area contributed by atoms with E-state index < -0.39 is 12.1 Å². The van der Waals surface area contributed by atoms with Crippen molar-refractivity contribution in [2.75, 3.05) is 19.6 Å². The van der Waals surface area contributed by atoms with E-state index in [0.717, 1.165) is 25.9 Å². The summed E-state index contributed by atoms with van der Waals surface area (Å²) in [6, 6.07) is -0.0289. The van der Waals surface area contributed by atoms with Crippen molar-refractivity contribution in [3.63, 3.8) is 0 Å². The van der Waals surface area contributed by atoms with Crippen LogP contribution in [0.2, 0.25) is 0 Å². The number of halogens is 3. The van der Waals surface area contributed by atoms with Gasteiger partial charge in [-0.2, -0.15) is 13.2 Å². The number of nitrogens with one attached hydrogen (secondary N) is 1. The van der Waals surface area contributed by atoms with E-state index >= 15 is 0 Å². The third-order valence-corrected chi connectivity index (χ3v) is 2.58. The van der Waals surface area contributed by atoms with Gasteiger partial charge in [0, 0.05) is 12.6 Å². The van der Waals surface area contributed by atoms with Crippen LogP contribution in [0.4, 0.5) is 13.2 Å². The number of carbonyl (C=O) groups excluding carboxylic acids is 1. The number of hydrogen-bond donors (Lipinski definition) is 1. The van der Waals surface area contributed by atoms with Crippen LogP contribution in [0.3, 0.4) is 0 Å². The van der Waals surface area contributed by atoms with Crippen molar-refractivity contribution < 1.29 is 18.0 Å². The molecule has 0 saturated carbocycles. The molecule has 15 heavy (non-hydrogen) atoms. The molecule has 0 radical (unpaired) electrons. The minimum Gasteiger partial charge on any atom is -0.347 e. The van der Waals surface area contributed by atoms with Crippen LogP contribution in [-0.2, 0) is 4.79 Å². The van der Waals surface area contributed by atoms with Crippen molar-refractivity contribution >= 4 is 5.91 Å². The SMILES string of the molecule is CC(CNC(=O)C(F)(F)F)N1CCCC1. The van der Waals surface area contributed by atoms with E-state index in [1.165, 1.54) is 0 Å². The van der Waals surface area contributed by atoms with Crippen LogP contribution in [0, 0.1) is 0 Å². The normalized spacial score (nSPS) is 20.3. The number of likely N-dealkylation sites (tertiary alicyclic amines) is 1. The maximum Gasteiger partial charge on any atom is 0.471 e. The molecular formula is C9H15F3N2O. The van der Waals surface area contributed by atoms with Gasteiger partial charge in [0.25, 0.3) is 0 Å². The Morgan fingerprint density at radius 1 is 1.40 bits per heavy atom. The minimum absolute atomic E-state index is 0.0289. The van der Waals surface area contributed by atoms with Gasteiger partial charge in [0.05, 0.1) is 0 Å². The lowest BCUT2D eigenvalue weighted by molar-refractivity contribution is -0.173. The molecule has 1 N–H and O–H groups in total. The van der Waals surface area contributed by atoms with E-state index in [0.29, 0.717) is 0 Å². The highest BCUT2D eigenvalue weighted by Crippen LogP contribution is 2.15. The van der Waals surface area contributed by atoms with Gasteiger partial charge >= 0.3 is 12.1 Å². The fraction of sp³-hybridized carbons (Fsp3) is 0.889. The number of carbonyl (C=O) groups is 1. The van der Waals surface area contributed by atoms with Crippen LogP contribution in [0.25, 0.3) is 0 Å². The number of alkyl halides is 3. The molecule has 6 heteroatoms. The number of amides is 1. The smallest absolute Gasteiger partial charge is 0.347 e. The molecule has 1 atom stereocenters. The van der Waals surface area contributed by atoms with Crippen molar-refractivity contribution in [1.82, 2.24) is 10.2 Å². The third kappa shape index (κ3) is 3.70. The number of nitrogens with zero attached hydrogens (tertiary/aromatic N) is 1. The molecule has 0 aliphatic carbocycles. The van der Waals surface area contributed by atoms with Crippen LogP contribution < -0.4 is 5.32 Å². The third-order valence-electron chi connectivity index (χ3n) is 2.58. The average Bonchev–Trinajstić information content (AvgIpc) is 2.64. The molecule has 1 heterocycles. The predicted octanol–water partition coefficient (Wildman–Crippen LogP) is 1.15. The van der Waals surface area contributed by atoms with Gasteiger partial charge in [-0.1, -0.05) is 0 Å². The molecule has 1 unspecified atom stereocenters. The molecule has 1 rings (SSSR count). The predicted molar refractivity (Wildman–Crippen MR) is 49.3 cm³/mol. The Hall–Kier alpha value is -0.780. The zero-order valence-corrected chi connectivity index (χ0v) is 8.60. The fourth-order valence-electron chi connectivity index (χ4n) is 1.65. The summed E-state index contributed by atoms with van der Waals surface area (Å²) in [6.07, 6.45) is -2.61. The molecule has 1 saturated heterocycles. The first-order valence-electron chi connectivity index (χ1n) is 5.00. The first-order chi connectivity index (χ1) is 6.91. The summed E-state index contributed by atoms with van der Waals surface area (Å²) in [5.74, 6) is -1.85. The summed E-state index contributed by atoms with van der Waals surface area (Å²) in [6.45, 7) is 3.69. The van der Waals surface area contributed by atoms with Crippen molar-refractivity contribution in [2.24, 2.45) is 0 Å². The molecule has 1 amide bonds. The lowest BCUT2D eigenvalue weighted by atomic mass is 10.3. The second kappa shape index (κ2) is 4.83. The molecule has 1 aliphatic heterocycles. The zero-order chi connectivity index (χ0) is 11.5.